The van der Waals surface area contributed by atoms with E-state index in [1.807, 2.05) is 6.07 Å². The monoisotopic (exact) mass is 264 g/mol. The number of benzene rings is 1. The van der Waals surface area contributed by atoms with Crippen LogP contribution in [0.5, 0.6) is 0 Å². The van der Waals surface area contributed by atoms with Crippen LogP contribution in [0.1, 0.15) is 24.3 Å². The first-order valence-corrected chi connectivity index (χ1v) is 7.26. The molecule has 1 aromatic heterocycles. The van der Waals surface area contributed by atoms with E-state index in [4.69, 9.17) is 4.74 Å². The van der Waals surface area contributed by atoms with E-state index in [2.05, 4.69) is 28.5 Å². The van der Waals surface area contributed by atoms with Gasteiger partial charge in [0.25, 0.3) is 0 Å². The third kappa shape index (κ3) is 4.05. The molecule has 0 spiro atoms. The Morgan fingerprint density at radius 2 is 2.11 bits per heavy atom. The highest BCUT2D eigenvalue weighted by Gasteiger charge is 2.01. The summed E-state index contributed by atoms with van der Waals surface area (Å²) in [5.41, 5.74) is 1.11. The molecule has 0 atom stereocenters. The molecule has 0 saturated heterocycles. The SMILES string of the molecule is COCCCCCNCc1nc2ccccc2s1. The lowest BCUT2D eigenvalue weighted by molar-refractivity contribution is 0.192. The number of hydrogen-bond acceptors (Lipinski definition) is 4. The number of nitrogens with zero attached hydrogens (tertiary/aromatic N) is 1. The van der Waals surface area contributed by atoms with E-state index in [0.29, 0.717) is 0 Å². The Morgan fingerprint density at radius 1 is 1.22 bits per heavy atom. The van der Waals surface area contributed by atoms with E-state index in [1.54, 1.807) is 18.4 Å². The Labute approximate surface area is 112 Å². The normalized spacial score (nSPS) is 11.2. The van der Waals surface area contributed by atoms with Crippen LogP contribution in [0.15, 0.2) is 24.3 Å². The van der Waals surface area contributed by atoms with Crippen LogP contribution in [0.4, 0.5) is 0 Å². The second kappa shape index (κ2) is 7.46. The molecule has 0 aliphatic heterocycles. The molecule has 0 aliphatic rings. The first-order valence-electron chi connectivity index (χ1n) is 6.44. The van der Waals surface area contributed by atoms with Gasteiger partial charge in [0.2, 0.25) is 0 Å². The number of rotatable bonds is 8. The zero-order valence-electron chi connectivity index (χ0n) is 10.8. The molecule has 0 bridgehead atoms. The van der Waals surface area contributed by atoms with Gasteiger partial charge in [0.1, 0.15) is 5.01 Å². The van der Waals surface area contributed by atoms with Crippen LogP contribution in [0.3, 0.4) is 0 Å². The molecule has 0 unspecified atom stereocenters. The van der Waals surface area contributed by atoms with Crippen LogP contribution in [0.2, 0.25) is 0 Å². The average Bonchev–Trinajstić information content (AvgIpc) is 2.80. The molecule has 1 N–H and O–H groups in total. The fraction of sp³-hybridized carbons (Fsp3) is 0.500. The number of aromatic nitrogens is 1. The summed E-state index contributed by atoms with van der Waals surface area (Å²) >= 11 is 1.78. The van der Waals surface area contributed by atoms with Crippen molar-refractivity contribution in [2.45, 2.75) is 25.8 Å². The van der Waals surface area contributed by atoms with Crippen LogP contribution >= 0.6 is 11.3 Å². The van der Waals surface area contributed by atoms with Gasteiger partial charge in [0, 0.05) is 20.3 Å². The zero-order chi connectivity index (χ0) is 12.6. The van der Waals surface area contributed by atoms with E-state index in [9.17, 15) is 0 Å². The molecule has 1 heterocycles. The maximum Gasteiger partial charge on any atom is 0.108 e. The fourth-order valence-corrected chi connectivity index (χ4v) is 2.80. The molecule has 0 fully saturated rings. The summed E-state index contributed by atoms with van der Waals surface area (Å²) in [4.78, 5) is 4.60. The summed E-state index contributed by atoms with van der Waals surface area (Å²) in [5, 5.41) is 4.62. The van der Waals surface area contributed by atoms with Gasteiger partial charge in [-0.2, -0.15) is 0 Å². The number of hydrogen-bond donors (Lipinski definition) is 1. The third-order valence-corrected chi connectivity index (χ3v) is 3.85. The number of methoxy groups -OCH3 is 1. The lowest BCUT2D eigenvalue weighted by Crippen LogP contribution is -2.14. The Morgan fingerprint density at radius 3 is 2.94 bits per heavy atom. The Kier molecular flexibility index (Phi) is 5.58. The highest BCUT2D eigenvalue weighted by molar-refractivity contribution is 7.18. The van der Waals surface area contributed by atoms with E-state index in [0.717, 1.165) is 31.6 Å². The maximum atomic E-state index is 5.02. The minimum absolute atomic E-state index is 0.873. The molecule has 2 aromatic rings. The molecule has 4 heteroatoms. The largest absolute Gasteiger partial charge is 0.385 e. The fourth-order valence-electron chi connectivity index (χ4n) is 1.86. The van der Waals surface area contributed by atoms with Crippen molar-refractivity contribution >= 4 is 21.6 Å². The van der Waals surface area contributed by atoms with Gasteiger partial charge in [0.15, 0.2) is 0 Å². The number of nitrogens with one attached hydrogen (secondary N) is 1. The summed E-state index contributed by atoms with van der Waals surface area (Å²) in [5.74, 6) is 0. The number of para-hydroxylation sites is 1. The van der Waals surface area contributed by atoms with Gasteiger partial charge in [-0.1, -0.05) is 12.1 Å². The first kappa shape index (κ1) is 13.5. The van der Waals surface area contributed by atoms with Crippen LogP contribution < -0.4 is 5.32 Å². The van der Waals surface area contributed by atoms with Crippen LogP contribution in [0, 0.1) is 0 Å². The van der Waals surface area contributed by atoms with Crippen molar-refractivity contribution < 1.29 is 4.74 Å². The molecule has 3 nitrogen and oxygen atoms in total. The van der Waals surface area contributed by atoms with Crippen molar-refractivity contribution in [1.29, 1.82) is 0 Å². The number of ether oxygens (including phenoxy) is 1. The van der Waals surface area contributed by atoms with E-state index < -0.39 is 0 Å². The minimum atomic E-state index is 0.873. The summed E-state index contributed by atoms with van der Waals surface area (Å²) in [7, 11) is 1.76. The smallest absolute Gasteiger partial charge is 0.108 e. The van der Waals surface area contributed by atoms with Crippen LogP contribution in [-0.2, 0) is 11.3 Å². The average molecular weight is 264 g/mol. The number of fused-ring (bicyclic) bond motifs is 1. The predicted octanol–water partition coefficient (Wildman–Crippen LogP) is 3.20. The molecule has 0 aliphatic carbocycles. The second-order valence-corrected chi connectivity index (χ2v) is 5.42. The molecular formula is C14H20N2OS. The first-order chi connectivity index (χ1) is 8.90. The third-order valence-electron chi connectivity index (χ3n) is 2.82. The van der Waals surface area contributed by atoms with E-state index in [1.165, 1.54) is 22.5 Å². The predicted molar refractivity (Wildman–Crippen MR) is 77.1 cm³/mol. The van der Waals surface area contributed by atoms with Crippen molar-refractivity contribution in [2.75, 3.05) is 20.3 Å². The van der Waals surface area contributed by atoms with E-state index in [-0.39, 0.29) is 0 Å². The van der Waals surface area contributed by atoms with Crippen molar-refractivity contribution in [1.82, 2.24) is 10.3 Å². The molecule has 1 aromatic carbocycles. The molecule has 0 saturated carbocycles. The van der Waals surface area contributed by atoms with Crippen LogP contribution in [0.25, 0.3) is 10.2 Å². The standard InChI is InChI=1S/C14H20N2OS/c1-17-10-6-2-5-9-15-11-14-16-12-7-3-4-8-13(12)18-14/h3-4,7-8,15H,2,5-6,9-11H2,1H3. The Bertz CT molecular complexity index is 437. The summed E-state index contributed by atoms with van der Waals surface area (Å²) in [6.07, 6.45) is 3.58. The molecule has 0 amide bonds. The van der Waals surface area contributed by atoms with Crippen molar-refractivity contribution in [3.63, 3.8) is 0 Å². The van der Waals surface area contributed by atoms with Crippen molar-refractivity contribution in [3.8, 4) is 0 Å². The molecule has 18 heavy (non-hydrogen) atoms. The van der Waals surface area contributed by atoms with Crippen LogP contribution in [-0.4, -0.2) is 25.2 Å². The van der Waals surface area contributed by atoms with E-state index >= 15 is 0 Å². The molecule has 0 radical (unpaired) electrons. The lowest BCUT2D eigenvalue weighted by Gasteiger charge is -2.02. The van der Waals surface area contributed by atoms with Gasteiger partial charge in [-0.3, -0.25) is 0 Å². The van der Waals surface area contributed by atoms with Gasteiger partial charge in [-0.05, 0) is 37.9 Å². The second-order valence-electron chi connectivity index (χ2n) is 4.31. The minimum Gasteiger partial charge on any atom is -0.385 e. The highest BCUT2D eigenvalue weighted by Crippen LogP contribution is 2.21. The Balaban J connectivity index is 1.67. The van der Waals surface area contributed by atoms with Gasteiger partial charge in [-0.25, -0.2) is 4.98 Å². The number of unbranched alkanes of at least 4 members (excludes halogenated alkanes) is 2. The van der Waals surface area contributed by atoms with Gasteiger partial charge >= 0.3 is 0 Å². The highest BCUT2D eigenvalue weighted by atomic mass is 32.1. The Hall–Kier alpha value is -0.970. The van der Waals surface area contributed by atoms with Gasteiger partial charge in [0.05, 0.1) is 10.2 Å². The maximum absolute atomic E-state index is 5.02. The summed E-state index contributed by atoms with van der Waals surface area (Å²) in [6.45, 7) is 2.81. The lowest BCUT2D eigenvalue weighted by atomic mass is 10.2. The molecule has 2 rings (SSSR count). The summed E-state index contributed by atoms with van der Waals surface area (Å²) in [6, 6.07) is 8.30. The van der Waals surface area contributed by atoms with Crippen molar-refractivity contribution in [3.05, 3.63) is 29.3 Å². The molecular weight excluding hydrogens is 244 g/mol. The molecule has 98 valence electrons. The van der Waals surface area contributed by atoms with Gasteiger partial charge < -0.3 is 10.1 Å². The van der Waals surface area contributed by atoms with Crippen molar-refractivity contribution in [2.24, 2.45) is 0 Å². The zero-order valence-corrected chi connectivity index (χ0v) is 11.6. The topological polar surface area (TPSA) is 34.1 Å². The number of thiazole rings is 1. The summed E-state index contributed by atoms with van der Waals surface area (Å²) < 4.78 is 6.30. The quantitative estimate of drug-likeness (QED) is 0.743. The van der Waals surface area contributed by atoms with Gasteiger partial charge in [-0.15, -0.1) is 11.3 Å².